The zero-order chi connectivity index (χ0) is 12.8. The zero-order valence-electron chi connectivity index (χ0n) is 11.7. The van der Waals surface area contributed by atoms with Gasteiger partial charge in [0.25, 0.3) is 0 Å². The van der Waals surface area contributed by atoms with E-state index in [1.54, 1.807) is 0 Å². The number of aliphatic imine (C=N–C) groups is 1. The second-order valence-corrected chi connectivity index (χ2v) is 6.54. The molecule has 0 amide bonds. The van der Waals surface area contributed by atoms with Crippen LogP contribution in [0.15, 0.2) is 4.99 Å². The van der Waals surface area contributed by atoms with Crippen molar-refractivity contribution in [3.05, 3.63) is 0 Å². The quantitative estimate of drug-likeness (QED) is 0.499. The van der Waals surface area contributed by atoms with Gasteiger partial charge in [-0.2, -0.15) is 0 Å². The lowest BCUT2D eigenvalue weighted by molar-refractivity contribution is 0.157. The second kappa shape index (κ2) is 7.40. The molecule has 0 unspecified atom stereocenters. The van der Waals surface area contributed by atoms with Crippen LogP contribution in [0.3, 0.4) is 0 Å². The van der Waals surface area contributed by atoms with Gasteiger partial charge in [0.15, 0.2) is 0 Å². The monoisotopic (exact) mass is 265 g/mol. The van der Waals surface area contributed by atoms with Gasteiger partial charge in [-0.05, 0) is 68.5 Å². The molecule has 2 aliphatic rings. The molecule has 0 radical (unpaired) electrons. The summed E-state index contributed by atoms with van der Waals surface area (Å²) in [7, 11) is 0. The summed E-state index contributed by atoms with van der Waals surface area (Å²) in [6.07, 6.45) is 14.1. The van der Waals surface area contributed by atoms with Crippen molar-refractivity contribution in [3.8, 4) is 0 Å². The summed E-state index contributed by atoms with van der Waals surface area (Å²) in [5.41, 5.74) is 0. The molecule has 0 N–H and O–H groups in total. The Morgan fingerprint density at radius 2 is 1.50 bits per heavy atom. The molecule has 2 aliphatic carbocycles. The molecule has 18 heavy (non-hydrogen) atoms. The number of rotatable bonds is 4. The maximum atomic E-state index is 4.71. The van der Waals surface area contributed by atoms with E-state index < -0.39 is 0 Å². The SMILES string of the molecule is CCC[C@H]1CC[C@H](C2CCC(N=C=S)CC2)CC1. The molecule has 2 rings (SSSR count). The van der Waals surface area contributed by atoms with Crippen LogP contribution in [0, 0.1) is 17.8 Å². The number of hydrogen-bond acceptors (Lipinski definition) is 2. The van der Waals surface area contributed by atoms with Gasteiger partial charge in [0, 0.05) is 0 Å². The fraction of sp³-hybridized carbons (Fsp3) is 0.938. The van der Waals surface area contributed by atoms with Crippen LogP contribution in [-0.4, -0.2) is 11.2 Å². The Morgan fingerprint density at radius 3 is 2.00 bits per heavy atom. The lowest BCUT2D eigenvalue weighted by Crippen LogP contribution is -2.26. The van der Waals surface area contributed by atoms with Crippen molar-refractivity contribution in [2.75, 3.05) is 0 Å². The van der Waals surface area contributed by atoms with Gasteiger partial charge in [-0.15, -0.1) is 0 Å². The Kier molecular flexibility index (Phi) is 5.85. The first-order valence-electron chi connectivity index (χ1n) is 7.90. The van der Waals surface area contributed by atoms with Crippen LogP contribution in [0.2, 0.25) is 0 Å². The molecule has 0 atom stereocenters. The minimum Gasteiger partial charge on any atom is -0.229 e. The van der Waals surface area contributed by atoms with Crippen LogP contribution in [0.4, 0.5) is 0 Å². The molecule has 0 aromatic heterocycles. The van der Waals surface area contributed by atoms with Gasteiger partial charge in [0.2, 0.25) is 0 Å². The van der Waals surface area contributed by atoms with Gasteiger partial charge in [-0.25, -0.2) is 4.99 Å². The molecule has 0 saturated heterocycles. The number of isothiocyanates is 1. The largest absolute Gasteiger partial charge is 0.229 e. The minimum atomic E-state index is 0.496. The molecule has 1 nitrogen and oxygen atoms in total. The maximum absolute atomic E-state index is 4.71. The third-order valence-corrected chi connectivity index (χ3v) is 5.34. The van der Waals surface area contributed by atoms with Crippen LogP contribution < -0.4 is 0 Å². The summed E-state index contributed by atoms with van der Waals surface area (Å²) < 4.78 is 0. The molecule has 0 aromatic rings. The molecule has 0 heterocycles. The van der Waals surface area contributed by atoms with Crippen LogP contribution in [0.1, 0.15) is 71.1 Å². The highest BCUT2D eigenvalue weighted by molar-refractivity contribution is 7.78. The standard InChI is InChI=1S/C16H27NS/c1-2-3-13-4-6-14(7-5-13)15-8-10-16(11-9-15)17-12-18/h13-16H,2-11H2,1H3/t13-,14-,15?,16?. The highest BCUT2D eigenvalue weighted by Gasteiger charge is 2.30. The van der Waals surface area contributed by atoms with Crippen molar-refractivity contribution in [1.29, 1.82) is 0 Å². The van der Waals surface area contributed by atoms with E-state index in [0.717, 1.165) is 17.8 Å². The number of nitrogens with zero attached hydrogens (tertiary/aromatic N) is 1. The Hall–Kier alpha value is -0.200. The Bertz CT molecular complexity index is 279. The van der Waals surface area contributed by atoms with E-state index in [4.69, 9.17) is 12.2 Å². The summed E-state index contributed by atoms with van der Waals surface area (Å²) in [6.45, 7) is 2.32. The van der Waals surface area contributed by atoms with E-state index in [0.29, 0.717) is 6.04 Å². The zero-order valence-corrected chi connectivity index (χ0v) is 12.6. The van der Waals surface area contributed by atoms with E-state index in [1.165, 1.54) is 64.2 Å². The summed E-state index contributed by atoms with van der Waals surface area (Å²) in [5.74, 6) is 3.06. The first-order chi connectivity index (χ1) is 8.83. The van der Waals surface area contributed by atoms with Crippen molar-refractivity contribution >= 4 is 17.4 Å². The van der Waals surface area contributed by atoms with Gasteiger partial charge in [-0.1, -0.05) is 32.6 Å². The van der Waals surface area contributed by atoms with Crippen LogP contribution in [-0.2, 0) is 0 Å². The average molecular weight is 265 g/mol. The van der Waals surface area contributed by atoms with Gasteiger partial charge >= 0.3 is 0 Å². The molecule has 2 fully saturated rings. The molecule has 2 saturated carbocycles. The van der Waals surface area contributed by atoms with Gasteiger partial charge < -0.3 is 0 Å². The minimum absolute atomic E-state index is 0.496. The van der Waals surface area contributed by atoms with Gasteiger partial charge in [0.1, 0.15) is 0 Å². The molecule has 102 valence electrons. The van der Waals surface area contributed by atoms with Crippen molar-refractivity contribution < 1.29 is 0 Å². The van der Waals surface area contributed by atoms with E-state index in [1.807, 2.05) is 0 Å². The van der Waals surface area contributed by atoms with E-state index >= 15 is 0 Å². The average Bonchev–Trinajstić information content (AvgIpc) is 2.41. The topological polar surface area (TPSA) is 12.4 Å². The molecular weight excluding hydrogens is 238 g/mol. The highest BCUT2D eigenvalue weighted by atomic mass is 32.1. The smallest absolute Gasteiger partial charge is 0.0603 e. The molecule has 0 aliphatic heterocycles. The van der Waals surface area contributed by atoms with Crippen LogP contribution in [0.25, 0.3) is 0 Å². The predicted octanol–water partition coefficient (Wildman–Crippen LogP) is 5.25. The van der Waals surface area contributed by atoms with E-state index in [2.05, 4.69) is 17.1 Å². The van der Waals surface area contributed by atoms with Crippen LogP contribution >= 0.6 is 12.2 Å². The van der Waals surface area contributed by atoms with Crippen molar-refractivity contribution in [3.63, 3.8) is 0 Å². The molecule has 0 bridgehead atoms. The summed E-state index contributed by atoms with van der Waals surface area (Å²) >= 11 is 4.71. The van der Waals surface area contributed by atoms with E-state index in [-0.39, 0.29) is 0 Å². The first-order valence-corrected chi connectivity index (χ1v) is 8.31. The number of thiocarbonyl (C=S) groups is 1. The van der Waals surface area contributed by atoms with Crippen LogP contribution in [0.5, 0.6) is 0 Å². The Labute approximate surface area is 117 Å². The lowest BCUT2D eigenvalue weighted by atomic mass is 9.70. The lowest BCUT2D eigenvalue weighted by Gasteiger charge is -2.37. The fourth-order valence-electron chi connectivity index (χ4n) is 4.13. The normalized spacial score (nSPS) is 36.9. The molecule has 2 heteroatoms. The Morgan fingerprint density at radius 1 is 0.944 bits per heavy atom. The molecule has 0 spiro atoms. The summed E-state index contributed by atoms with van der Waals surface area (Å²) in [6, 6.07) is 0.496. The Balaban J connectivity index is 1.73. The van der Waals surface area contributed by atoms with Gasteiger partial charge in [0.05, 0.1) is 11.2 Å². The summed E-state index contributed by atoms with van der Waals surface area (Å²) in [5, 5.41) is 2.56. The maximum Gasteiger partial charge on any atom is 0.0603 e. The van der Waals surface area contributed by atoms with E-state index in [9.17, 15) is 0 Å². The predicted molar refractivity (Wildman–Crippen MR) is 81.1 cm³/mol. The molecule has 0 aromatic carbocycles. The van der Waals surface area contributed by atoms with Crippen molar-refractivity contribution in [1.82, 2.24) is 0 Å². The van der Waals surface area contributed by atoms with Crippen molar-refractivity contribution in [2.24, 2.45) is 22.7 Å². The second-order valence-electron chi connectivity index (χ2n) is 6.36. The third kappa shape index (κ3) is 3.90. The first kappa shape index (κ1) is 14.2. The van der Waals surface area contributed by atoms with Gasteiger partial charge in [-0.3, -0.25) is 0 Å². The summed E-state index contributed by atoms with van der Waals surface area (Å²) in [4.78, 5) is 4.26. The van der Waals surface area contributed by atoms with Crippen molar-refractivity contribution in [2.45, 2.75) is 77.2 Å². The third-order valence-electron chi connectivity index (χ3n) is 5.23. The number of hydrogen-bond donors (Lipinski definition) is 0. The fourth-order valence-corrected chi connectivity index (χ4v) is 4.28. The highest BCUT2D eigenvalue weighted by Crippen LogP contribution is 2.41. The molecular formula is C16H27NS.